The predicted octanol–water partition coefficient (Wildman–Crippen LogP) is 3.85. The average Bonchev–Trinajstić information content (AvgIpc) is 2.83. The molecule has 0 bridgehead atoms. The Morgan fingerprint density at radius 3 is 2.71 bits per heavy atom. The van der Waals surface area contributed by atoms with Crippen molar-refractivity contribution in [2.24, 2.45) is 7.05 Å². The maximum atomic E-state index is 13.7. The molecule has 1 aromatic carbocycles. The van der Waals surface area contributed by atoms with Crippen LogP contribution in [0.2, 0.25) is 0 Å². The number of benzene rings is 1. The van der Waals surface area contributed by atoms with Crippen LogP contribution in [0.4, 0.5) is 4.39 Å². The van der Waals surface area contributed by atoms with Crippen LogP contribution >= 0.6 is 0 Å². The van der Waals surface area contributed by atoms with Crippen molar-refractivity contribution in [1.29, 1.82) is 0 Å². The number of nitrogens with one attached hydrogen (secondary N) is 1. The van der Waals surface area contributed by atoms with Crippen molar-refractivity contribution >= 4 is 0 Å². The van der Waals surface area contributed by atoms with E-state index in [9.17, 15) is 4.39 Å². The smallest absolute Gasteiger partial charge is 0.123 e. The zero-order chi connectivity index (χ0) is 15.4. The van der Waals surface area contributed by atoms with E-state index in [1.54, 1.807) is 10.7 Å². The fourth-order valence-corrected chi connectivity index (χ4v) is 2.49. The van der Waals surface area contributed by atoms with Crippen LogP contribution in [0, 0.1) is 5.82 Å². The molecule has 3 nitrogen and oxygen atoms in total. The maximum Gasteiger partial charge on any atom is 0.123 e. The standard InChI is InChI=1S/C17H24FN3/c1-5-8-19-10-13-6-7-14(18)9-15(13)16-11-21(4)20-17(16)12(2)3/h6-7,9,11-12,19H,5,8,10H2,1-4H3. The first kappa shape index (κ1) is 15.7. The van der Waals surface area contributed by atoms with Crippen molar-refractivity contribution in [2.75, 3.05) is 6.54 Å². The minimum atomic E-state index is -0.206. The monoisotopic (exact) mass is 289 g/mol. The van der Waals surface area contributed by atoms with Crippen LogP contribution < -0.4 is 5.32 Å². The number of hydrogen-bond acceptors (Lipinski definition) is 2. The Hall–Kier alpha value is -1.68. The van der Waals surface area contributed by atoms with Crippen LogP contribution in [0.3, 0.4) is 0 Å². The molecule has 1 aromatic heterocycles. The van der Waals surface area contributed by atoms with E-state index in [2.05, 4.69) is 31.2 Å². The molecule has 4 heteroatoms. The molecule has 0 unspecified atom stereocenters. The van der Waals surface area contributed by atoms with Gasteiger partial charge in [-0.05, 0) is 42.1 Å². The number of halogens is 1. The molecule has 0 amide bonds. The normalized spacial score (nSPS) is 11.3. The molecular formula is C17H24FN3. The van der Waals surface area contributed by atoms with Crippen molar-refractivity contribution in [3.05, 3.63) is 41.5 Å². The summed E-state index contributed by atoms with van der Waals surface area (Å²) < 4.78 is 15.5. The minimum Gasteiger partial charge on any atom is -0.313 e. The molecular weight excluding hydrogens is 265 g/mol. The highest BCUT2D eigenvalue weighted by atomic mass is 19.1. The SMILES string of the molecule is CCCNCc1ccc(F)cc1-c1cn(C)nc1C(C)C. The molecule has 0 aliphatic carbocycles. The third-order valence-corrected chi connectivity index (χ3v) is 3.51. The summed E-state index contributed by atoms with van der Waals surface area (Å²) in [5, 5.41) is 7.91. The zero-order valence-corrected chi connectivity index (χ0v) is 13.3. The van der Waals surface area contributed by atoms with Crippen LogP contribution in [-0.4, -0.2) is 16.3 Å². The zero-order valence-electron chi connectivity index (χ0n) is 13.3. The number of aryl methyl sites for hydroxylation is 1. The van der Waals surface area contributed by atoms with Crippen LogP contribution in [0.5, 0.6) is 0 Å². The van der Waals surface area contributed by atoms with Crippen LogP contribution in [-0.2, 0) is 13.6 Å². The second kappa shape index (κ2) is 6.85. The van der Waals surface area contributed by atoms with Gasteiger partial charge in [0.15, 0.2) is 0 Å². The Morgan fingerprint density at radius 2 is 2.05 bits per heavy atom. The summed E-state index contributed by atoms with van der Waals surface area (Å²) in [4.78, 5) is 0. The third-order valence-electron chi connectivity index (χ3n) is 3.51. The first-order valence-corrected chi connectivity index (χ1v) is 7.56. The number of aromatic nitrogens is 2. The van der Waals surface area contributed by atoms with Crippen LogP contribution in [0.15, 0.2) is 24.4 Å². The molecule has 2 aromatic rings. The molecule has 0 atom stereocenters. The van der Waals surface area contributed by atoms with Gasteiger partial charge in [-0.1, -0.05) is 26.8 Å². The number of nitrogens with zero attached hydrogens (tertiary/aromatic N) is 2. The van der Waals surface area contributed by atoms with Gasteiger partial charge in [-0.25, -0.2) is 4.39 Å². The van der Waals surface area contributed by atoms with Crippen molar-refractivity contribution < 1.29 is 4.39 Å². The van der Waals surface area contributed by atoms with Gasteiger partial charge in [-0.15, -0.1) is 0 Å². The summed E-state index contributed by atoms with van der Waals surface area (Å²) in [6, 6.07) is 5.01. The molecule has 0 aliphatic heterocycles. The molecule has 0 saturated heterocycles. The summed E-state index contributed by atoms with van der Waals surface area (Å²) in [5.41, 5.74) is 4.09. The summed E-state index contributed by atoms with van der Waals surface area (Å²) in [7, 11) is 1.91. The summed E-state index contributed by atoms with van der Waals surface area (Å²) in [6.07, 6.45) is 3.06. The molecule has 0 radical (unpaired) electrons. The Balaban J connectivity index is 2.44. The fraction of sp³-hybridized carbons (Fsp3) is 0.471. The lowest BCUT2D eigenvalue weighted by molar-refractivity contribution is 0.625. The quantitative estimate of drug-likeness (QED) is 0.819. The van der Waals surface area contributed by atoms with Gasteiger partial charge in [0.2, 0.25) is 0 Å². The molecule has 21 heavy (non-hydrogen) atoms. The highest BCUT2D eigenvalue weighted by molar-refractivity contribution is 5.69. The van der Waals surface area contributed by atoms with Gasteiger partial charge in [0.1, 0.15) is 5.82 Å². The van der Waals surface area contributed by atoms with Gasteiger partial charge in [0.05, 0.1) is 5.69 Å². The first-order valence-electron chi connectivity index (χ1n) is 7.56. The number of hydrogen-bond donors (Lipinski definition) is 1. The Kier molecular flexibility index (Phi) is 5.12. The van der Waals surface area contributed by atoms with E-state index in [-0.39, 0.29) is 5.82 Å². The Labute approximate surface area is 126 Å². The van der Waals surface area contributed by atoms with E-state index in [0.29, 0.717) is 5.92 Å². The lowest BCUT2D eigenvalue weighted by atomic mass is 9.96. The van der Waals surface area contributed by atoms with Crippen LogP contribution in [0.1, 0.15) is 44.4 Å². The van der Waals surface area contributed by atoms with Crippen molar-refractivity contribution in [3.63, 3.8) is 0 Å². The molecule has 0 spiro atoms. The van der Waals surface area contributed by atoms with Crippen molar-refractivity contribution in [1.82, 2.24) is 15.1 Å². The van der Waals surface area contributed by atoms with E-state index in [0.717, 1.165) is 41.9 Å². The molecule has 0 saturated carbocycles. The minimum absolute atomic E-state index is 0.206. The Morgan fingerprint density at radius 1 is 1.29 bits per heavy atom. The van der Waals surface area contributed by atoms with E-state index < -0.39 is 0 Å². The third kappa shape index (κ3) is 3.70. The van der Waals surface area contributed by atoms with Crippen molar-refractivity contribution in [2.45, 2.75) is 39.7 Å². The molecule has 114 valence electrons. The maximum absolute atomic E-state index is 13.7. The summed E-state index contributed by atoms with van der Waals surface area (Å²) in [5.74, 6) is 0.101. The molecule has 0 fully saturated rings. The van der Waals surface area contributed by atoms with E-state index in [1.165, 1.54) is 6.07 Å². The lowest BCUT2D eigenvalue weighted by Gasteiger charge is -2.12. The fourth-order valence-electron chi connectivity index (χ4n) is 2.49. The van der Waals surface area contributed by atoms with Gasteiger partial charge in [-0.2, -0.15) is 5.10 Å². The second-order valence-electron chi connectivity index (χ2n) is 5.73. The molecule has 1 heterocycles. The van der Waals surface area contributed by atoms with Gasteiger partial charge in [0, 0.05) is 25.4 Å². The van der Waals surface area contributed by atoms with Crippen molar-refractivity contribution in [3.8, 4) is 11.1 Å². The van der Waals surface area contributed by atoms with Gasteiger partial charge in [-0.3, -0.25) is 4.68 Å². The number of rotatable bonds is 6. The van der Waals surface area contributed by atoms with Gasteiger partial charge in [0.25, 0.3) is 0 Å². The largest absolute Gasteiger partial charge is 0.313 e. The van der Waals surface area contributed by atoms with E-state index >= 15 is 0 Å². The summed E-state index contributed by atoms with van der Waals surface area (Å²) in [6.45, 7) is 8.06. The lowest BCUT2D eigenvalue weighted by Crippen LogP contribution is -2.14. The first-order chi connectivity index (χ1) is 10.0. The van der Waals surface area contributed by atoms with E-state index in [4.69, 9.17) is 0 Å². The molecule has 0 aliphatic rings. The predicted molar refractivity (Wildman–Crippen MR) is 84.7 cm³/mol. The van der Waals surface area contributed by atoms with E-state index in [1.807, 2.05) is 19.3 Å². The second-order valence-corrected chi connectivity index (χ2v) is 5.73. The highest BCUT2D eigenvalue weighted by Crippen LogP contribution is 2.31. The Bertz CT molecular complexity index is 602. The van der Waals surface area contributed by atoms with Gasteiger partial charge < -0.3 is 5.32 Å². The van der Waals surface area contributed by atoms with Crippen LogP contribution in [0.25, 0.3) is 11.1 Å². The average molecular weight is 289 g/mol. The summed E-state index contributed by atoms with van der Waals surface area (Å²) >= 11 is 0. The highest BCUT2D eigenvalue weighted by Gasteiger charge is 2.16. The molecule has 2 rings (SSSR count). The van der Waals surface area contributed by atoms with Gasteiger partial charge >= 0.3 is 0 Å². The molecule has 1 N–H and O–H groups in total. The topological polar surface area (TPSA) is 29.9 Å².